The molecule has 0 radical (unpaired) electrons. The number of rotatable bonds is 3. The van der Waals surface area contributed by atoms with Gasteiger partial charge in [0.2, 0.25) is 5.69 Å². The number of hydrogen-bond donors (Lipinski definition) is 0. The smallest absolute Gasteiger partial charge is 0.209 e. The zero-order chi connectivity index (χ0) is 15.7. The molecule has 0 unspecified atom stereocenters. The van der Waals surface area contributed by atoms with Crippen LogP contribution in [0.3, 0.4) is 0 Å². The molecule has 0 aliphatic carbocycles. The van der Waals surface area contributed by atoms with Crippen molar-refractivity contribution in [1.82, 2.24) is 0 Å². The summed E-state index contributed by atoms with van der Waals surface area (Å²) in [5, 5.41) is 0. The average Bonchev–Trinajstić information content (AvgIpc) is 2.73. The molecule has 0 fully saturated rings. The van der Waals surface area contributed by atoms with Crippen molar-refractivity contribution in [2.24, 2.45) is 0 Å². The Morgan fingerprint density at radius 2 is 1.73 bits per heavy atom. The summed E-state index contributed by atoms with van der Waals surface area (Å²) in [5.74, 6) is 0.911. The van der Waals surface area contributed by atoms with Crippen LogP contribution in [0.2, 0.25) is 0 Å². The van der Waals surface area contributed by atoms with Gasteiger partial charge in [0, 0.05) is 17.7 Å². The minimum absolute atomic E-state index is 0.0378. The van der Waals surface area contributed by atoms with Crippen LogP contribution in [0, 0.1) is 0 Å². The molecule has 0 saturated carbocycles. The van der Waals surface area contributed by atoms with Crippen LogP contribution < -0.4 is 4.74 Å². The Kier molecular flexibility index (Phi) is 3.61. The van der Waals surface area contributed by atoms with E-state index in [1.807, 2.05) is 12.1 Å². The summed E-state index contributed by atoms with van der Waals surface area (Å²) >= 11 is 0. The first-order chi connectivity index (χ1) is 10.5. The lowest BCUT2D eigenvalue weighted by molar-refractivity contribution is -0.401. The molecular formula is C20H22NO+. The van der Waals surface area contributed by atoms with E-state index in [9.17, 15) is 0 Å². The lowest BCUT2D eigenvalue weighted by Crippen LogP contribution is -2.26. The van der Waals surface area contributed by atoms with Crippen molar-refractivity contribution in [3.05, 3.63) is 65.7 Å². The lowest BCUT2D eigenvalue weighted by atomic mass is 9.81. The quantitative estimate of drug-likeness (QED) is 0.763. The third-order valence-corrected chi connectivity index (χ3v) is 4.47. The van der Waals surface area contributed by atoms with E-state index in [1.165, 1.54) is 22.5 Å². The number of fused-ring (bicyclic) bond motifs is 1. The molecule has 0 bridgehead atoms. The second-order valence-electron chi connectivity index (χ2n) is 6.20. The van der Waals surface area contributed by atoms with Crippen LogP contribution in [0.4, 0.5) is 5.69 Å². The number of hydrogen-bond acceptors (Lipinski definition) is 1. The highest BCUT2D eigenvalue weighted by Crippen LogP contribution is 2.41. The average molecular weight is 292 g/mol. The summed E-state index contributed by atoms with van der Waals surface area (Å²) in [5.41, 5.74) is 5.03. The van der Waals surface area contributed by atoms with E-state index >= 15 is 0 Å². The molecule has 0 N–H and O–H groups in total. The highest BCUT2D eigenvalue weighted by Gasteiger charge is 2.43. The second kappa shape index (κ2) is 5.45. The zero-order valence-electron chi connectivity index (χ0n) is 13.6. The van der Waals surface area contributed by atoms with E-state index in [0.717, 1.165) is 5.75 Å². The molecule has 2 heteroatoms. The maximum atomic E-state index is 5.39. The molecule has 0 spiro atoms. The van der Waals surface area contributed by atoms with Gasteiger partial charge in [-0.05, 0) is 37.6 Å². The normalized spacial score (nSPS) is 16.2. The van der Waals surface area contributed by atoms with Crippen LogP contribution in [-0.4, -0.2) is 24.4 Å². The molecule has 112 valence electrons. The Balaban J connectivity index is 2.02. The molecule has 22 heavy (non-hydrogen) atoms. The largest absolute Gasteiger partial charge is 0.497 e. The van der Waals surface area contributed by atoms with Gasteiger partial charge in [0.25, 0.3) is 0 Å². The number of nitrogens with zero attached hydrogens (tertiary/aromatic N) is 1. The number of ether oxygens (including phenoxy) is 1. The summed E-state index contributed by atoms with van der Waals surface area (Å²) in [6.07, 6.45) is 4.40. The van der Waals surface area contributed by atoms with Crippen LogP contribution in [0.1, 0.15) is 25.0 Å². The third-order valence-electron chi connectivity index (χ3n) is 4.47. The molecule has 0 atom stereocenters. The predicted octanol–water partition coefficient (Wildman–Crippen LogP) is 4.41. The molecule has 0 amide bonds. The first kappa shape index (κ1) is 14.6. The van der Waals surface area contributed by atoms with Gasteiger partial charge in [-0.15, -0.1) is 0 Å². The van der Waals surface area contributed by atoms with Gasteiger partial charge in [-0.3, -0.25) is 0 Å². The van der Waals surface area contributed by atoms with E-state index in [0.29, 0.717) is 0 Å². The number of benzene rings is 2. The monoisotopic (exact) mass is 292 g/mol. The van der Waals surface area contributed by atoms with Crippen molar-refractivity contribution in [2.75, 3.05) is 14.2 Å². The molecule has 3 rings (SSSR count). The molecule has 2 nitrogen and oxygen atoms in total. The van der Waals surface area contributed by atoms with Crippen molar-refractivity contribution in [1.29, 1.82) is 0 Å². The standard InChI is InChI=1S/C20H22NO/c1-20(2)17-14-16(22-4)11-12-18(17)21(3)19(20)13-10-15-8-6-5-7-9-15/h5-14H,1-4H3/q+1. The summed E-state index contributed by atoms with van der Waals surface area (Å²) in [7, 11) is 3.85. The van der Waals surface area contributed by atoms with Gasteiger partial charge in [0.05, 0.1) is 12.5 Å². The molecule has 2 aromatic rings. The first-order valence-corrected chi connectivity index (χ1v) is 7.57. The Hall–Kier alpha value is -2.35. The van der Waals surface area contributed by atoms with Gasteiger partial charge in [-0.1, -0.05) is 30.3 Å². The van der Waals surface area contributed by atoms with Gasteiger partial charge in [-0.2, -0.15) is 4.58 Å². The van der Waals surface area contributed by atoms with E-state index in [2.05, 4.69) is 74.0 Å². The van der Waals surface area contributed by atoms with Crippen LogP contribution >= 0.6 is 0 Å². The van der Waals surface area contributed by atoms with E-state index in [-0.39, 0.29) is 5.41 Å². The molecule has 0 aromatic heterocycles. The lowest BCUT2D eigenvalue weighted by Gasteiger charge is -2.16. The Morgan fingerprint density at radius 1 is 1.00 bits per heavy atom. The molecule has 2 aromatic carbocycles. The Bertz CT molecular complexity index is 755. The summed E-state index contributed by atoms with van der Waals surface area (Å²) in [4.78, 5) is 0. The fraction of sp³-hybridized carbons (Fsp3) is 0.250. The van der Waals surface area contributed by atoms with E-state index in [1.54, 1.807) is 7.11 Å². The first-order valence-electron chi connectivity index (χ1n) is 7.57. The van der Waals surface area contributed by atoms with Crippen LogP contribution in [0.15, 0.2) is 54.6 Å². The van der Waals surface area contributed by atoms with Crippen molar-refractivity contribution >= 4 is 17.5 Å². The van der Waals surface area contributed by atoms with Crippen molar-refractivity contribution < 1.29 is 9.31 Å². The van der Waals surface area contributed by atoms with Gasteiger partial charge in [0.15, 0.2) is 5.71 Å². The van der Waals surface area contributed by atoms with Gasteiger partial charge in [0.1, 0.15) is 12.8 Å². The molecule has 1 aliphatic rings. The van der Waals surface area contributed by atoms with Crippen molar-refractivity contribution in [2.45, 2.75) is 19.3 Å². The summed E-state index contributed by atoms with van der Waals surface area (Å²) < 4.78 is 7.66. The highest BCUT2D eigenvalue weighted by molar-refractivity contribution is 6.05. The summed E-state index contributed by atoms with van der Waals surface area (Å²) in [6, 6.07) is 16.7. The van der Waals surface area contributed by atoms with Crippen LogP contribution in [0.25, 0.3) is 6.08 Å². The fourth-order valence-electron chi connectivity index (χ4n) is 3.18. The second-order valence-corrected chi connectivity index (χ2v) is 6.20. The Labute approximate surface area is 132 Å². The Morgan fingerprint density at radius 3 is 2.41 bits per heavy atom. The molecule has 1 aliphatic heterocycles. The minimum Gasteiger partial charge on any atom is -0.497 e. The van der Waals surface area contributed by atoms with E-state index < -0.39 is 0 Å². The SMILES string of the molecule is COc1ccc2c(c1)C(C)(C)C(C=Cc1ccccc1)=[N+]2C. The molecular weight excluding hydrogens is 270 g/mol. The summed E-state index contributed by atoms with van der Waals surface area (Å²) in [6.45, 7) is 4.53. The highest BCUT2D eigenvalue weighted by atomic mass is 16.5. The van der Waals surface area contributed by atoms with Crippen LogP contribution in [-0.2, 0) is 5.41 Å². The maximum absolute atomic E-state index is 5.39. The van der Waals surface area contributed by atoms with Crippen molar-refractivity contribution in [3.63, 3.8) is 0 Å². The van der Waals surface area contributed by atoms with Gasteiger partial charge >= 0.3 is 0 Å². The van der Waals surface area contributed by atoms with Gasteiger partial charge < -0.3 is 4.74 Å². The van der Waals surface area contributed by atoms with Crippen molar-refractivity contribution in [3.8, 4) is 5.75 Å². The minimum atomic E-state index is -0.0378. The predicted molar refractivity (Wildman–Crippen MR) is 92.3 cm³/mol. The number of methoxy groups -OCH3 is 1. The fourth-order valence-corrected chi connectivity index (χ4v) is 3.18. The number of allylic oxidation sites excluding steroid dienone is 1. The zero-order valence-corrected chi connectivity index (χ0v) is 13.6. The molecule has 1 heterocycles. The maximum Gasteiger partial charge on any atom is 0.209 e. The van der Waals surface area contributed by atoms with Gasteiger partial charge in [-0.25, -0.2) is 0 Å². The third kappa shape index (κ3) is 2.35. The van der Waals surface area contributed by atoms with E-state index in [4.69, 9.17) is 4.74 Å². The topological polar surface area (TPSA) is 12.2 Å². The molecule has 0 saturated heterocycles. The van der Waals surface area contributed by atoms with Crippen LogP contribution in [0.5, 0.6) is 5.75 Å².